The van der Waals surface area contributed by atoms with E-state index in [1.807, 2.05) is 37.3 Å². The molecular formula is C16H21N3O2. The third kappa shape index (κ3) is 2.59. The van der Waals surface area contributed by atoms with Crippen molar-refractivity contribution in [3.63, 3.8) is 0 Å². The Morgan fingerprint density at radius 1 is 1.33 bits per heavy atom. The van der Waals surface area contributed by atoms with Gasteiger partial charge in [0.15, 0.2) is 0 Å². The molecule has 1 atom stereocenters. The van der Waals surface area contributed by atoms with Crippen molar-refractivity contribution in [3.8, 4) is 0 Å². The molecule has 5 nitrogen and oxygen atoms in total. The summed E-state index contributed by atoms with van der Waals surface area (Å²) in [6.45, 7) is 3.11. The third-order valence-electron chi connectivity index (χ3n) is 4.27. The lowest BCUT2D eigenvalue weighted by Gasteiger charge is -2.36. The maximum absolute atomic E-state index is 5.90. The fourth-order valence-corrected chi connectivity index (χ4v) is 2.78. The summed E-state index contributed by atoms with van der Waals surface area (Å²) < 4.78 is 11.3. The predicted octanol–water partition coefficient (Wildman–Crippen LogP) is 2.58. The summed E-state index contributed by atoms with van der Waals surface area (Å²) in [7, 11) is 0. The van der Waals surface area contributed by atoms with Crippen LogP contribution in [0.15, 0.2) is 34.9 Å². The van der Waals surface area contributed by atoms with Gasteiger partial charge in [-0.2, -0.15) is 4.98 Å². The summed E-state index contributed by atoms with van der Waals surface area (Å²) in [5, 5.41) is 4.14. The molecule has 1 aliphatic rings. The molecule has 1 aromatic heterocycles. The Morgan fingerprint density at radius 3 is 2.67 bits per heavy atom. The first-order valence-corrected chi connectivity index (χ1v) is 7.50. The second kappa shape index (κ2) is 5.95. The average Bonchev–Trinajstić information content (AvgIpc) is 2.95. The van der Waals surface area contributed by atoms with E-state index in [1.54, 1.807) is 0 Å². The van der Waals surface area contributed by atoms with Crippen LogP contribution in [0.3, 0.4) is 0 Å². The van der Waals surface area contributed by atoms with Crippen LogP contribution in [0.4, 0.5) is 0 Å². The van der Waals surface area contributed by atoms with E-state index in [0.717, 1.165) is 18.4 Å². The van der Waals surface area contributed by atoms with E-state index in [-0.39, 0.29) is 11.5 Å². The van der Waals surface area contributed by atoms with Gasteiger partial charge >= 0.3 is 0 Å². The SMILES string of the molecule is CCOC(c1ccccc1)c1noc(C2(CN)CCC2)n1. The van der Waals surface area contributed by atoms with E-state index >= 15 is 0 Å². The third-order valence-corrected chi connectivity index (χ3v) is 4.27. The number of hydrogen-bond acceptors (Lipinski definition) is 5. The summed E-state index contributed by atoms with van der Waals surface area (Å²) in [6.07, 6.45) is 2.93. The van der Waals surface area contributed by atoms with Gasteiger partial charge in [-0.1, -0.05) is 41.9 Å². The number of nitrogens with two attached hydrogens (primary N) is 1. The zero-order chi connectivity index (χ0) is 14.7. The zero-order valence-corrected chi connectivity index (χ0v) is 12.3. The smallest absolute Gasteiger partial charge is 0.234 e. The molecule has 1 heterocycles. The zero-order valence-electron chi connectivity index (χ0n) is 12.3. The first kappa shape index (κ1) is 14.2. The minimum Gasteiger partial charge on any atom is -0.366 e. The Labute approximate surface area is 124 Å². The lowest BCUT2D eigenvalue weighted by atomic mass is 9.69. The fourth-order valence-electron chi connectivity index (χ4n) is 2.78. The molecule has 1 aliphatic carbocycles. The number of hydrogen-bond donors (Lipinski definition) is 1. The average molecular weight is 287 g/mol. The van der Waals surface area contributed by atoms with E-state index in [1.165, 1.54) is 6.42 Å². The van der Waals surface area contributed by atoms with Gasteiger partial charge in [0.2, 0.25) is 11.7 Å². The lowest BCUT2D eigenvalue weighted by molar-refractivity contribution is 0.0832. The molecule has 3 rings (SSSR count). The minimum atomic E-state index is -0.288. The number of nitrogens with zero attached hydrogens (tertiary/aromatic N) is 2. The van der Waals surface area contributed by atoms with Crippen LogP contribution in [0.2, 0.25) is 0 Å². The Bertz CT molecular complexity index is 573. The Morgan fingerprint density at radius 2 is 2.10 bits per heavy atom. The maximum Gasteiger partial charge on any atom is 0.234 e. The van der Waals surface area contributed by atoms with Crippen molar-refractivity contribution in [2.24, 2.45) is 5.73 Å². The summed E-state index contributed by atoms with van der Waals surface area (Å²) in [5.74, 6) is 1.24. The molecule has 1 aromatic carbocycles. The molecular weight excluding hydrogens is 266 g/mol. The maximum atomic E-state index is 5.90. The van der Waals surface area contributed by atoms with Crippen LogP contribution in [0.25, 0.3) is 0 Å². The largest absolute Gasteiger partial charge is 0.366 e. The number of ether oxygens (including phenoxy) is 1. The Hall–Kier alpha value is -1.72. The highest BCUT2D eigenvalue weighted by Crippen LogP contribution is 2.42. The first-order chi connectivity index (χ1) is 10.3. The molecule has 21 heavy (non-hydrogen) atoms. The molecule has 1 unspecified atom stereocenters. The van der Waals surface area contributed by atoms with Crippen molar-refractivity contribution in [2.75, 3.05) is 13.2 Å². The number of rotatable bonds is 6. The van der Waals surface area contributed by atoms with Gasteiger partial charge in [0.05, 0.1) is 5.41 Å². The summed E-state index contributed by atoms with van der Waals surface area (Å²) >= 11 is 0. The van der Waals surface area contributed by atoms with Crippen LogP contribution in [-0.4, -0.2) is 23.3 Å². The molecule has 2 N–H and O–H groups in total. The van der Waals surface area contributed by atoms with Gasteiger partial charge in [0, 0.05) is 13.2 Å². The number of benzene rings is 1. The van der Waals surface area contributed by atoms with Crippen molar-refractivity contribution in [1.82, 2.24) is 10.1 Å². The van der Waals surface area contributed by atoms with Crippen molar-refractivity contribution < 1.29 is 9.26 Å². The normalized spacial score (nSPS) is 18.2. The summed E-state index contributed by atoms with van der Waals surface area (Å²) in [5.41, 5.74) is 6.81. The van der Waals surface area contributed by atoms with E-state index in [9.17, 15) is 0 Å². The van der Waals surface area contributed by atoms with Crippen molar-refractivity contribution in [2.45, 2.75) is 37.7 Å². The molecule has 1 fully saturated rings. The standard InChI is InChI=1S/C16H21N3O2/c1-2-20-13(12-7-4-3-5-8-12)14-18-15(21-19-14)16(11-17)9-6-10-16/h3-5,7-8,13H,2,6,9-11,17H2,1H3. The van der Waals surface area contributed by atoms with Crippen LogP contribution in [0, 0.1) is 0 Å². The topological polar surface area (TPSA) is 74.2 Å². The lowest BCUT2D eigenvalue weighted by Crippen LogP contribution is -2.41. The van der Waals surface area contributed by atoms with E-state index in [0.29, 0.717) is 24.9 Å². The van der Waals surface area contributed by atoms with Gasteiger partial charge < -0.3 is 15.0 Å². The van der Waals surface area contributed by atoms with Crippen molar-refractivity contribution in [3.05, 3.63) is 47.6 Å². The summed E-state index contributed by atoms with van der Waals surface area (Å²) in [4.78, 5) is 4.59. The van der Waals surface area contributed by atoms with Crippen LogP contribution in [-0.2, 0) is 10.2 Å². The molecule has 112 valence electrons. The molecule has 0 spiro atoms. The van der Waals surface area contributed by atoms with Gasteiger partial charge in [-0.3, -0.25) is 0 Å². The molecule has 0 bridgehead atoms. The van der Waals surface area contributed by atoms with E-state index < -0.39 is 0 Å². The first-order valence-electron chi connectivity index (χ1n) is 7.50. The van der Waals surface area contributed by atoms with Gasteiger partial charge in [-0.15, -0.1) is 0 Å². The molecule has 0 aliphatic heterocycles. The van der Waals surface area contributed by atoms with Crippen LogP contribution < -0.4 is 5.73 Å². The van der Waals surface area contributed by atoms with Gasteiger partial charge in [0.25, 0.3) is 0 Å². The molecule has 0 radical (unpaired) electrons. The van der Waals surface area contributed by atoms with Crippen LogP contribution in [0.5, 0.6) is 0 Å². The van der Waals surface area contributed by atoms with Crippen molar-refractivity contribution in [1.29, 1.82) is 0 Å². The van der Waals surface area contributed by atoms with Gasteiger partial charge in [-0.05, 0) is 25.3 Å². The Balaban J connectivity index is 1.89. The highest BCUT2D eigenvalue weighted by molar-refractivity contribution is 5.23. The number of aromatic nitrogens is 2. The van der Waals surface area contributed by atoms with E-state index in [4.69, 9.17) is 15.0 Å². The van der Waals surface area contributed by atoms with Gasteiger partial charge in [0.1, 0.15) is 6.10 Å². The van der Waals surface area contributed by atoms with E-state index in [2.05, 4.69) is 10.1 Å². The van der Waals surface area contributed by atoms with Crippen molar-refractivity contribution >= 4 is 0 Å². The summed E-state index contributed by atoms with van der Waals surface area (Å²) in [6, 6.07) is 9.97. The van der Waals surface area contributed by atoms with Crippen LogP contribution in [0.1, 0.15) is 49.6 Å². The monoisotopic (exact) mass is 287 g/mol. The quantitative estimate of drug-likeness (QED) is 0.884. The van der Waals surface area contributed by atoms with Gasteiger partial charge in [-0.25, -0.2) is 0 Å². The predicted molar refractivity (Wildman–Crippen MR) is 78.8 cm³/mol. The second-order valence-corrected chi connectivity index (χ2v) is 5.54. The molecule has 0 amide bonds. The minimum absolute atomic E-state index is 0.112. The fraction of sp³-hybridized carbons (Fsp3) is 0.500. The molecule has 5 heteroatoms. The highest BCUT2D eigenvalue weighted by atomic mass is 16.5. The Kier molecular flexibility index (Phi) is 4.03. The second-order valence-electron chi connectivity index (χ2n) is 5.54. The molecule has 2 aromatic rings. The highest BCUT2D eigenvalue weighted by Gasteiger charge is 2.43. The molecule has 1 saturated carbocycles. The molecule has 0 saturated heterocycles. The van der Waals surface area contributed by atoms with Crippen LogP contribution >= 0.6 is 0 Å².